The van der Waals surface area contributed by atoms with E-state index in [2.05, 4.69) is 8.86 Å². The molecule has 5 nitrogen and oxygen atoms in total. The molecule has 0 aliphatic heterocycles. The number of carbonyl (C=O) groups is 1. The van der Waals surface area contributed by atoms with Crippen LogP contribution in [-0.4, -0.2) is 20.7 Å². The number of carbonyl (C=O) groups excluding carboxylic acids is 1. The number of methoxy groups -OCH3 is 2. The maximum atomic E-state index is 10.7. The fourth-order valence-corrected chi connectivity index (χ4v) is 3.11. The van der Waals surface area contributed by atoms with E-state index in [0.29, 0.717) is 29.3 Å². The minimum Gasteiger partial charge on any atom is -0.496 e. The predicted molar refractivity (Wildman–Crippen MR) is 97.7 cm³/mol. The molecule has 0 spiro atoms. The van der Waals surface area contributed by atoms with Gasteiger partial charge < -0.3 is 18.6 Å². The van der Waals surface area contributed by atoms with Crippen molar-refractivity contribution in [3.8, 4) is 28.4 Å². The van der Waals surface area contributed by atoms with Crippen molar-refractivity contribution < 1.29 is 23.4 Å². The Morgan fingerprint density at radius 1 is 1.08 bits per heavy atom. The van der Waals surface area contributed by atoms with Crippen LogP contribution < -0.4 is 14.2 Å². The summed E-state index contributed by atoms with van der Waals surface area (Å²) >= 11 is 0. The van der Waals surface area contributed by atoms with Crippen LogP contribution in [0.25, 0.3) is 22.1 Å². The van der Waals surface area contributed by atoms with Crippen molar-refractivity contribution in [1.82, 2.24) is 0 Å². The maximum Gasteiger partial charge on any atom is 0.298 e. The lowest BCUT2D eigenvalue weighted by molar-refractivity contribution is -0.120. The molecule has 3 aromatic rings. The number of ether oxygens (including phenoxy) is 3. The molecule has 0 N–H and O–H groups in total. The van der Waals surface area contributed by atoms with E-state index in [4.69, 9.17) is 18.6 Å². The molecule has 1 aromatic heterocycles. The highest BCUT2D eigenvalue weighted by Crippen LogP contribution is 2.37. The molecule has 0 atom stereocenters. The second-order valence-corrected chi connectivity index (χ2v) is 5.92. The molecule has 1 heterocycles. The van der Waals surface area contributed by atoms with E-state index in [0.717, 1.165) is 27.0 Å². The molecule has 0 radical (unpaired) electrons. The highest BCUT2D eigenvalue weighted by Gasteiger charge is 2.13. The van der Waals surface area contributed by atoms with Gasteiger partial charge in [0.15, 0.2) is 0 Å². The highest BCUT2D eigenvalue weighted by atomic mass is 31.0. The number of hydrogen-bond donors (Lipinski definition) is 0. The molecule has 0 unspecified atom stereocenters. The molecular formula is C19H17O5P. The zero-order valence-corrected chi connectivity index (χ0v) is 15.1. The Balaban J connectivity index is 2.25. The molecule has 3 rings (SSSR count). The quantitative estimate of drug-likeness (QED) is 0.493. The Kier molecular flexibility index (Phi) is 4.77. The van der Waals surface area contributed by atoms with Crippen LogP contribution in [-0.2, 0) is 4.79 Å². The van der Waals surface area contributed by atoms with Crippen molar-refractivity contribution in [2.24, 2.45) is 0 Å². The Labute approximate surface area is 147 Å². The Morgan fingerprint density at radius 3 is 2.56 bits per heavy atom. The van der Waals surface area contributed by atoms with Gasteiger partial charge in [0.25, 0.3) is 6.47 Å². The average Bonchev–Trinajstić information content (AvgIpc) is 2.63. The van der Waals surface area contributed by atoms with Crippen LogP contribution in [0.2, 0.25) is 0 Å². The summed E-state index contributed by atoms with van der Waals surface area (Å²) in [5, 5.41) is 0.788. The first-order valence-electron chi connectivity index (χ1n) is 7.52. The van der Waals surface area contributed by atoms with Crippen molar-refractivity contribution in [2.75, 3.05) is 14.2 Å². The molecule has 25 heavy (non-hydrogen) atoms. The van der Waals surface area contributed by atoms with E-state index in [9.17, 15) is 4.79 Å². The molecule has 0 bridgehead atoms. The number of fused-ring (bicyclic) bond motifs is 1. The molecule has 0 saturated carbocycles. The van der Waals surface area contributed by atoms with Crippen molar-refractivity contribution >= 4 is 26.3 Å². The van der Waals surface area contributed by atoms with Gasteiger partial charge in [-0.2, -0.15) is 0 Å². The molecule has 0 aliphatic rings. The van der Waals surface area contributed by atoms with E-state index >= 15 is 0 Å². The van der Waals surface area contributed by atoms with Crippen molar-refractivity contribution in [3.63, 3.8) is 0 Å². The molecule has 0 aliphatic carbocycles. The molecule has 0 amide bonds. The molecule has 128 valence electrons. The third kappa shape index (κ3) is 3.11. The van der Waals surface area contributed by atoms with E-state index < -0.39 is 0 Å². The van der Waals surface area contributed by atoms with Crippen LogP contribution in [0.15, 0.2) is 41.0 Å². The van der Waals surface area contributed by atoms with Gasteiger partial charge in [0.1, 0.15) is 22.8 Å². The summed E-state index contributed by atoms with van der Waals surface area (Å²) in [4.78, 5) is 11.5. The van der Waals surface area contributed by atoms with Crippen molar-refractivity contribution in [3.05, 3.63) is 47.1 Å². The average molecular weight is 356 g/mol. The largest absolute Gasteiger partial charge is 0.496 e. The zero-order valence-electron chi connectivity index (χ0n) is 14.1. The molecule has 2 aromatic carbocycles. The lowest BCUT2D eigenvalue weighted by atomic mass is 10.0. The topological polar surface area (TPSA) is 57.9 Å². The minimum absolute atomic E-state index is 0.417. The van der Waals surface area contributed by atoms with Crippen LogP contribution in [0, 0.1) is 11.9 Å². The number of aryl methyl sites for hydroxylation is 1. The summed E-state index contributed by atoms with van der Waals surface area (Å²) in [5.41, 5.74) is 3.15. The van der Waals surface area contributed by atoms with Gasteiger partial charge in [0.2, 0.25) is 0 Å². The zero-order chi connectivity index (χ0) is 18.0. The van der Waals surface area contributed by atoms with Crippen molar-refractivity contribution in [1.29, 1.82) is 0 Å². The first kappa shape index (κ1) is 17.1. The third-order valence-electron chi connectivity index (χ3n) is 3.99. The Hall–Kier alpha value is -2.78. The smallest absolute Gasteiger partial charge is 0.298 e. The normalized spacial score (nSPS) is 10.5. The standard InChI is InChI=1S/C19H17O5P/c1-11-4-5-12(6-15(11)24-10-20)14-9-23-17-8-13(21-2)7-16(22-3)18(17)19(14)25/h4-10,25H,1-3H3. The van der Waals surface area contributed by atoms with E-state index in [1.165, 1.54) is 0 Å². The van der Waals surface area contributed by atoms with Crippen LogP contribution in [0.1, 0.15) is 5.56 Å². The monoisotopic (exact) mass is 356 g/mol. The summed E-state index contributed by atoms with van der Waals surface area (Å²) < 4.78 is 21.6. The number of benzene rings is 2. The first-order chi connectivity index (χ1) is 12.1. The van der Waals surface area contributed by atoms with Crippen LogP contribution in [0.3, 0.4) is 0 Å². The molecular weight excluding hydrogens is 339 g/mol. The Bertz CT molecular complexity index is 1010. The van der Waals surface area contributed by atoms with Crippen molar-refractivity contribution in [2.45, 2.75) is 6.92 Å². The molecule has 0 fully saturated rings. The number of rotatable bonds is 5. The summed E-state index contributed by atoms with van der Waals surface area (Å²) in [5.74, 6) is 1.77. The summed E-state index contributed by atoms with van der Waals surface area (Å²) in [7, 11) is 6.89. The van der Waals surface area contributed by atoms with E-state index in [1.807, 2.05) is 19.1 Å². The summed E-state index contributed by atoms with van der Waals surface area (Å²) in [6.07, 6.45) is 1.64. The van der Waals surface area contributed by atoms with Gasteiger partial charge in [-0.3, -0.25) is 4.79 Å². The van der Waals surface area contributed by atoms with Gasteiger partial charge in [0.05, 0.1) is 25.9 Å². The van der Waals surface area contributed by atoms with Crippen LogP contribution in [0.5, 0.6) is 17.2 Å². The lowest BCUT2D eigenvalue weighted by Gasteiger charge is -2.12. The minimum atomic E-state index is 0.417. The Morgan fingerprint density at radius 2 is 1.88 bits per heavy atom. The molecule has 6 heteroatoms. The third-order valence-corrected chi connectivity index (χ3v) is 4.51. The highest BCUT2D eigenvalue weighted by molar-refractivity contribution is 7.07. The van der Waals surface area contributed by atoms with Gasteiger partial charge in [-0.1, -0.05) is 12.1 Å². The molecule has 0 saturated heterocycles. The van der Waals surface area contributed by atoms with E-state index in [1.54, 1.807) is 38.7 Å². The summed E-state index contributed by atoms with van der Waals surface area (Å²) in [6, 6.07) is 9.20. The van der Waals surface area contributed by atoms with Gasteiger partial charge in [-0.05, 0) is 24.1 Å². The summed E-state index contributed by atoms with van der Waals surface area (Å²) in [6.45, 7) is 2.29. The fourth-order valence-electron chi connectivity index (χ4n) is 2.66. The van der Waals surface area contributed by atoms with E-state index in [-0.39, 0.29) is 0 Å². The number of hydrogen-bond acceptors (Lipinski definition) is 5. The van der Waals surface area contributed by atoms with Crippen LogP contribution in [0.4, 0.5) is 0 Å². The fraction of sp³-hybridized carbons (Fsp3) is 0.158. The second kappa shape index (κ2) is 6.99. The van der Waals surface area contributed by atoms with Gasteiger partial charge in [-0.15, -0.1) is 8.86 Å². The first-order valence-corrected chi connectivity index (χ1v) is 8.02. The second-order valence-electron chi connectivity index (χ2n) is 5.42. The van der Waals surface area contributed by atoms with Gasteiger partial charge in [-0.25, -0.2) is 0 Å². The van der Waals surface area contributed by atoms with Gasteiger partial charge >= 0.3 is 0 Å². The lowest BCUT2D eigenvalue weighted by Crippen LogP contribution is -1.93. The van der Waals surface area contributed by atoms with Gasteiger partial charge in [0, 0.05) is 22.6 Å². The SMILES string of the molecule is COc1cc(OC)c2c(=P)c(-c3ccc(C)c(OC=O)c3)coc2c1. The van der Waals surface area contributed by atoms with Crippen LogP contribution >= 0.6 is 8.86 Å². The maximum absolute atomic E-state index is 10.7. The predicted octanol–water partition coefficient (Wildman–Crippen LogP) is 4.64.